The number of hydrogen-bond donors (Lipinski definition) is 2. The number of aryl methyl sites for hydroxylation is 2. The van der Waals surface area contributed by atoms with E-state index in [1.54, 1.807) is 7.11 Å². The Bertz CT molecular complexity index is 1050. The summed E-state index contributed by atoms with van der Waals surface area (Å²) in [6.45, 7) is 3.93. The minimum Gasteiger partial charge on any atom is -0.385 e. The number of carbonyl (C=O) groups is 1. The summed E-state index contributed by atoms with van der Waals surface area (Å²) < 4.78 is 5.20. The Morgan fingerprint density at radius 1 is 1.22 bits per heavy atom. The van der Waals surface area contributed by atoms with Crippen LogP contribution in [0.1, 0.15) is 41.5 Å². The van der Waals surface area contributed by atoms with Crippen molar-refractivity contribution in [1.82, 2.24) is 9.88 Å². The number of nitrogens with two attached hydrogens (primary N) is 1. The molecule has 0 radical (unpaired) electrons. The number of benzene rings is 2. The molecule has 1 fully saturated rings. The molecule has 0 spiro atoms. The second-order valence-corrected chi connectivity index (χ2v) is 9.05. The van der Waals surface area contributed by atoms with Crippen molar-refractivity contribution in [3.05, 3.63) is 70.9 Å². The summed E-state index contributed by atoms with van der Waals surface area (Å²) in [5.41, 5.74) is 12.2. The van der Waals surface area contributed by atoms with E-state index in [2.05, 4.69) is 53.2 Å². The fourth-order valence-corrected chi connectivity index (χ4v) is 4.53. The molecule has 0 aliphatic heterocycles. The van der Waals surface area contributed by atoms with E-state index in [1.807, 2.05) is 12.3 Å². The first-order chi connectivity index (χ1) is 15.6. The molecule has 1 amide bonds. The van der Waals surface area contributed by atoms with Gasteiger partial charge >= 0.3 is 0 Å². The van der Waals surface area contributed by atoms with Gasteiger partial charge in [-0.2, -0.15) is 0 Å². The molecule has 1 aliphatic carbocycles. The lowest BCUT2D eigenvalue weighted by Gasteiger charge is -2.28. The molecular weight excluding hydrogens is 398 g/mol. The molecule has 0 bridgehead atoms. The average molecular weight is 434 g/mol. The molecule has 1 saturated carbocycles. The molecule has 1 heterocycles. The van der Waals surface area contributed by atoms with Crippen LogP contribution in [0.4, 0.5) is 0 Å². The largest absolute Gasteiger partial charge is 0.385 e. The predicted molar refractivity (Wildman–Crippen MR) is 129 cm³/mol. The molecular formula is C27H35N3O2. The highest BCUT2D eigenvalue weighted by Gasteiger charge is 2.35. The molecule has 0 saturated heterocycles. The number of nitrogens with zero attached hydrogens (tertiary/aromatic N) is 1. The van der Waals surface area contributed by atoms with Crippen molar-refractivity contribution in [3.8, 4) is 0 Å². The fraction of sp³-hybridized carbons (Fsp3) is 0.444. The van der Waals surface area contributed by atoms with E-state index in [4.69, 9.17) is 10.5 Å². The maximum Gasteiger partial charge on any atom is 0.227 e. The van der Waals surface area contributed by atoms with Gasteiger partial charge in [-0.05, 0) is 73.4 Å². The predicted octanol–water partition coefficient (Wildman–Crippen LogP) is 4.36. The summed E-state index contributed by atoms with van der Waals surface area (Å²) in [6.07, 6.45) is 6.79. The number of amides is 1. The molecule has 3 N–H and O–H groups in total. The van der Waals surface area contributed by atoms with Crippen LogP contribution in [0.15, 0.2) is 48.7 Å². The van der Waals surface area contributed by atoms with E-state index in [9.17, 15) is 4.79 Å². The first-order valence-corrected chi connectivity index (χ1v) is 11.7. The summed E-state index contributed by atoms with van der Waals surface area (Å²) in [5.74, 6) is -0.0204. The quantitative estimate of drug-likeness (QED) is 0.441. The third-order valence-corrected chi connectivity index (χ3v) is 6.62. The normalized spacial score (nSPS) is 14.6. The highest BCUT2D eigenvalue weighted by Crippen LogP contribution is 2.31. The van der Waals surface area contributed by atoms with Crippen LogP contribution in [0, 0.1) is 12.8 Å². The lowest BCUT2D eigenvalue weighted by atomic mass is 9.95. The summed E-state index contributed by atoms with van der Waals surface area (Å²) >= 11 is 0. The van der Waals surface area contributed by atoms with Gasteiger partial charge in [-0.15, -0.1) is 0 Å². The van der Waals surface area contributed by atoms with E-state index in [-0.39, 0.29) is 11.8 Å². The maximum absolute atomic E-state index is 13.7. The summed E-state index contributed by atoms with van der Waals surface area (Å²) in [4.78, 5) is 19.0. The molecule has 170 valence electrons. The van der Waals surface area contributed by atoms with Gasteiger partial charge in [0.1, 0.15) is 0 Å². The van der Waals surface area contributed by atoms with Crippen LogP contribution in [0.2, 0.25) is 0 Å². The van der Waals surface area contributed by atoms with Crippen molar-refractivity contribution in [1.29, 1.82) is 0 Å². The van der Waals surface area contributed by atoms with Gasteiger partial charge in [0.05, 0.1) is 5.92 Å². The van der Waals surface area contributed by atoms with Gasteiger partial charge in [-0.25, -0.2) is 0 Å². The summed E-state index contributed by atoms with van der Waals surface area (Å²) in [6, 6.07) is 15.3. The Hall–Kier alpha value is -2.63. The maximum atomic E-state index is 13.7. The van der Waals surface area contributed by atoms with E-state index in [1.165, 1.54) is 27.6 Å². The van der Waals surface area contributed by atoms with Gasteiger partial charge in [0.15, 0.2) is 0 Å². The number of hydrogen-bond acceptors (Lipinski definition) is 3. The van der Waals surface area contributed by atoms with Gasteiger partial charge in [-0.1, -0.05) is 30.3 Å². The van der Waals surface area contributed by atoms with Gasteiger partial charge in [-0.3, -0.25) is 4.79 Å². The van der Waals surface area contributed by atoms with Gasteiger partial charge in [0.2, 0.25) is 5.91 Å². The molecule has 5 heteroatoms. The lowest BCUT2D eigenvalue weighted by molar-refractivity contribution is -0.136. The van der Waals surface area contributed by atoms with E-state index < -0.39 is 0 Å². The zero-order valence-electron chi connectivity index (χ0n) is 19.3. The van der Waals surface area contributed by atoms with Crippen LogP contribution in [0.5, 0.6) is 0 Å². The minimum atomic E-state index is -0.207. The third kappa shape index (κ3) is 5.22. The van der Waals surface area contributed by atoms with Crippen molar-refractivity contribution in [2.75, 3.05) is 20.3 Å². The van der Waals surface area contributed by atoms with Crippen LogP contribution in [0.3, 0.4) is 0 Å². The van der Waals surface area contributed by atoms with Crippen LogP contribution in [0.25, 0.3) is 10.9 Å². The van der Waals surface area contributed by atoms with E-state index >= 15 is 0 Å². The zero-order valence-corrected chi connectivity index (χ0v) is 19.3. The van der Waals surface area contributed by atoms with Crippen LogP contribution in [-0.4, -0.2) is 42.1 Å². The van der Waals surface area contributed by atoms with Gasteiger partial charge in [0.25, 0.3) is 0 Å². The number of methoxy groups -OCH3 is 1. The Labute approximate surface area is 190 Å². The van der Waals surface area contributed by atoms with Crippen molar-refractivity contribution >= 4 is 16.8 Å². The minimum absolute atomic E-state index is 0.187. The second kappa shape index (κ2) is 10.3. The Morgan fingerprint density at radius 3 is 2.81 bits per heavy atom. The molecule has 2 aromatic carbocycles. The Balaban J connectivity index is 1.51. The van der Waals surface area contributed by atoms with Crippen molar-refractivity contribution in [2.45, 2.75) is 51.6 Å². The Morgan fingerprint density at radius 2 is 2.06 bits per heavy atom. The number of rotatable bonds is 11. The van der Waals surface area contributed by atoms with Crippen molar-refractivity contribution < 1.29 is 9.53 Å². The van der Waals surface area contributed by atoms with Crippen LogP contribution >= 0.6 is 0 Å². The fourth-order valence-electron chi connectivity index (χ4n) is 4.53. The van der Waals surface area contributed by atoms with Crippen LogP contribution in [-0.2, 0) is 28.9 Å². The first-order valence-electron chi connectivity index (χ1n) is 11.7. The molecule has 32 heavy (non-hydrogen) atoms. The molecule has 1 unspecified atom stereocenters. The van der Waals surface area contributed by atoms with Gasteiger partial charge in [0, 0.05) is 49.9 Å². The summed E-state index contributed by atoms with van der Waals surface area (Å²) in [5, 5.41) is 1.18. The number of H-pyrrole nitrogens is 1. The summed E-state index contributed by atoms with van der Waals surface area (Å²) in [7, 11) is 1.74. The third-order valence-electron chi connectivity index (χ3n) is 6.62. The molecule has 3 aromatic rings. The standard InChI is InChI=1S/C27H35N3O2/c1-19-8-9-20(5-4-14-32-2)15-23(19)18-30(24-10-11-24)27(31)22(17-28)16-21-6-3-7-26-25(21)12-13-29-26/h3,6-9,12-13,15,22,24,29H,4-5,10-11,14,16-18,28H2,1-2H3. The van der Waals surface area contributed by atoms with E-state index in [0.717, 1.165) is 37.8 Å². The number of fused-ring (bicyclic) bond motifs is 1. The molecule has 1 aliphatic rings. The average Bonchev–Trinajstić information content (AvgIpc) is 3.52. The SMILES string of the molecule is COCCCc1ccc(C)c(CN(C(=O)C(CN)Cc2cccc3[nH]ccc23)C2CC2)c1. The number of carbonyl (C=O) groups excluding carboxylic acids is 1. The smallest absolute Gasteiger partial charge is 0.227 e. The molecule has 5 nitrogen and oxygen atoms in total. The lowest BCUT2D eigenvalue weighted by Crippen LogP contribution is -2.41. The topological polar surface area (TPSA) is 71.3 Å². The van der Waals surface area contributed by atoms with Crippen molar-refractivity contribution in [2.24, 2.45) is 11.7 Å². The Kier molecular flexibility index (Phi) is 7.28. The number of aromatic amines is 1. The first kappa shape index (κ1) is 22.6. The zero-order chi connectivity index (χ0) is 22.5. The monoisotopic (exact) mass is 433 g/mol. The molecule has 4 rings (SSSR count). The second-order valence-electron chi connectivity index (χ2n) is 9.05. The highest BCUT2D eigenvalue weighted by atomic mass is 16.5. The van der Waals surface area contributed by atoms with Gasteiger partial charge < -0.3 is 20.4 Å². The molecule has 1 aromatic heterocycles. The number of nitrogens with one attached hydrogen (secondary N) is 1. The van der Waals surface area contributed by atoms with Crippen LogP contribution < -0.4 is 5.73 Å². The highest BCUT2D eigenvalue weighted by molar-refractivity contribution is 5.85. The van der Waals surface area contributed by atoms with Crippen molar-refractivity contribution in [3.63, 3.8) is 0 Å². The van der Waals surface area contributed by atoms with E-state index in [0.29, 0.717) is 25.6 Å². The number of aromatic nitrogens is 1. The number of ether oxygens (including phenoxy) is 1. The molecule has 1 atom stereocenters.